The van der Waals surface area contributed by atoms with Crippen molar-refractivity contribution in [2.75, 3.05) is 0 Å². The van der Waals surface area contributed by atoms with Gasteiger partial charge in [-0.1, -0.05) is 62.3 Å². The van der Waals surface area contributed by atoms with Crippen LogP contribution in [0, 0.1) is 17.8 Å². The van der Waals surface area contributed by atoms with Gasteiger partial charge in [0.05, 0.1) is 16.7 Å². The number of nitrogens with one attached hydrogen (secondary N) is 3. The van der Waals surface area contributed by atoms with Gasteiger partial charge in [0.15, 0.2) is 0 Å². The van der Waals surface area contributed by atoms with Crippen LogP contribution in [0.3, 0.4) is 0 Å². The molecule has 1 aromatic carbocycles. The highest BCUT2D eigenvalue weighted by Crippen LogP contribution is 2.57. The lowest BCUT2D eigenvalue weighted by atomic mass is 9.56. The molecular formula is C45H75N3O6. The summed E-state index contributed by atoms with van der Waals surface area (Å²) in [5.41, 5.74) is -1.64. The molecule has 12 unspecified atom stereocenters. The summed E-state index contributed by atoms with van der Waals surface area (Å²) >= 11 is 0. The summed E-state index contributed by atoms with van der Waals surface area (Å²) in [6, 6.07) is 0. The SMILES string of the molecule is CCC1(C)CC(c2c(C(=O)O)c(C(=O)O)c(C3CC(C)(CC)NC(C)(CC)C3C)c(C3CC(C)(CC)NC(C)(CC)C3C)c2C(=O)O)C(C)C(C)(CC)N1. The van der Waals surface area contributed by atoms with E-state index in [0.717, 1.165) is 38.5 Å². The molecule has 0 aromatic heterocycles. The van der Waals surface area contributed by atoms with Crippen molar-refractivity contribution in [3.8, 4) is 0 Å². The van der Waals surface area contributed by atoms with Crippen LogP contribution in [0.5, 0.6) is 0 Å². The van der Waals surface area contributed by atoms with Crippen molar-refractivity contribution in [3.05, 3.63) is 33.4 Å². The number of benzene rings is 1. The van der Waals surface area contributed by atoms with Crippen LogP contribution < -0.4 is 16.0 Å². The third kappa shape index (κ3) is 7.28. The second-order valence-electron chi connectivity index (χ2n) is 19.5. The topological polar surface area (TPSA) is 148 Å². The van der Waals surface area contributed by atoms with Crippen molar-refractivity contribution < 1.29 is 29.7 Å². The van der Waals surface area contributed by atoms with Gasteiger partial charge in [-0.25, -0.2) is 14.4 Å². The van der Waals surface area contributed by atoms with E-state index in [1.807, 2.05) is 0 Å². The average Bonchev–Trinajstić information content (AvgIpc) is 3.11. The van der Waals surface area contributed by atoms with Crippen molar-refractivity contribution >= 4 is 17.9 Å². The van der Waals surface area contributed by atoms with Crippen LogP contribution in [0.1, 0.15) is 227 Å². The highest BCUT2D eigenvalue weighted by molar-refractivity contribution is 6.08. The summed E-state index contributed by atoms with van der Waals surface area (Å²) in [4.78, 5) is 42.5. The van der Waals surface area contributed by atoms with Gasteiger partial charge < -0.3 is 31.3 Å². The smallest absolute Gasteiger partial charge is 0.336 e. The summed E-state index contributed by atoms with van der Waals surface area (Å²) in [5.74, 6) is -5.46. The van der Waals surface area contributed by atoms with Crippen molar-refractivity contribution in [2.45, 2.75) is 213 Å². The van der Waals surface area contributed by atoms with Gasteiger partial charge in [-0.05, 0) is 152 Å². The summed E-state index contributed by atoms with van der Waals surface area (Å²) in [6.07, 6.45) is 6.31. The van der Waals surface area contributed by atoms with Crippen LogP contribution in [0.15, 0.2) is 0 Å². The second kappa shape index (κ2) is 15.1. The number of aromatic carboxylic acids is 3. The average molecular weight is 754 g/mol. The largest absolute Gasteiger partial charge is 0.478 e. The maximum Gasteiger partial charge on any atom is 0.336 e. The van der Waals surface area contributed by atoms with Gasteiger partial charge in [0.25, 0.3) is 0 Å². The summed E-state index contributed by atoms with van der Waals surface area (Å²) in [7, 11) is 0. The molecule has 3 saturated heterocycles. The quantitative estimate of drug-likeness (QED) is 0.123. The van der Waals surface area contributed by atoms with E-state index in [4.69, 9.17) is 0 Å². The summed E-state index contributed by atoms with van der Waals surface area (Å²) in [6.45, 7) is 32.3. The highest BCUT2D eigenvalue weighted by Gasteiger charge is 2.55. The zero-order chi connectivity index (χ0) is 41.1. The van der Waals surface area contributed by atoms with E-state index in [9.17, 15) is 29.7 Å². The number of carbonyl (C=O) groups is 3. The fourth-order valence-electron chi connectivity index (χ4n) is 11.5. The first-order valence-corrected chi connectivity index (χ1v) is 21.1. The Balaban J connectivity index is 2.37. The maximum atomic E-state index is 14.4. The first-order valence-electron chi connectivity index (χ1n) is 21.1. The van der Waals surface area contributed by atoms with Gasteiger partial charge in [-0.3, -0.25) is 0 Å². The number of hydrogen-bond donors (Lipinski definition) is 6. The predicted molar refractivity (Wildman–Crippen MR) is 218 cm³/mol. The fourth-order valence-corrected chi connectivity index (χ4v) is 11.5. The minimum atomic E-state index is -1.37. The second-order valence-corrected chi connectivity index (χ2v) is 19.5. The van der Waals surface area contributed by atoms with Gasteiger partial charge >= 0.3 is 17.9 Å². The highest BCUT2D eigenvalue weighted by atomic mass is 16.4. The van der Waals surface area contributed by atoms with E-state index in [1.165, 1.54) is 0 Å². The van der Waals surface area contributed by atoms with E-state index in [-0.39, 0.29) is 62.5 Å². The molecule has 3 heterocycles. The zero-order valence-corrected chi connectivity index (χ0v) is 36.4. The molecule has 306 valence electrons. The Morgan fingerprint density at radius 3 is 0.944 bits per heavy atom. The number of carboxylic acids is 3. The minimum absolute atomic E-state index is 0.0425. The van der Waals surface area contributed by atoms with Crippen LogP contribution in [-0.2, 0) is 0 Å². The molecule has 0 bridgehead atoms. The van der Waals surface area contributed by atoms with E-state index in [1.54, 1.807) is 0 Å². The standard InChI is InChI=1S/C45H75N3O6/c1-16-40(10)22-28(25(7)43(13,19-4)46-40)31-32(29-23-41(11,17-2)47-44(14,20-5)26(29)8)35(38(51)52)36(39(53)54)33(34(31)37(49)50)30-24-42(12,18-3)48-45(15,21-6)27(30)9/h25-30,46-48H,16-24H2,1-15H3,(H,49,50)(H,51,52)(H,53,54). The van der Waals surface area contributed by atoms with Crippen molar-refractivity contribution in [2.24, 2.45) is 17.8 Å². The number of carboxylic acid groups (broad SMARTS) is 3. The molecule has 54 heavy (non-hydrogen) atoms. The van der Waals surface area contributed by atoms with Crippen LogP contribution in [0.4, 0.5) is 0 Å². The minimum Gasteiger partial charge on any atom is -0.478 e. The van der Waals surface area contributed by atoms with Crippen molar-refractivity contribution in [3.63, 3.8) is 0 Å². The third-order valence-electron chi connectivity index (χ3n) is 16.5. The zero-order valence-electron chi connectivity index (χ0n) is 36.4. The monoisotopic (exact) mass is 754 g/mol. The molecule has 0 amide bonds. The molecule has 9 nitrogen and oxygen atoms in total. The Bertz CT molecular complexity index is 1630. The van der Waals surface area contributed by atoms with Gasteiger partial charge in [0.2, 0.25) is 0 Å². The fraction of sp³-hybridized carbons (Fsp3) is 0.800. The molecule has 3 aliphatic heterocycles. The van der Waals surface area contributed by atoms with E-state index < -0.39 is 46.4 Å². The molecule has 0 spiro atoms. The van der Waals surface area contributed by atoms with Crippen molar-refractivity contribution in [1.82, 2.24) is 16.0 Å². The molecule has 6 N–H and O–H groups in total. The number of rotatable bonds is 12. The lowest BCUT2D eigenvalue weighted by Crippen LogP contribution is -2.65. The molecule has 1 aromatic rings. The molecule has 0 saturated carbocycles. The molecule has 3 fully saturated rings. The Morgan fingerprint density at radius 2 is 0.704 bits per heavy atom. The van der Waals surface area contributed by atoms with E-state index in [0.29, 0.717) is 30.4 Å². The Labute approximate surface area is 326 Å². The molecule has 12 atom stereocenters. The van der Waals surface area contributed by atoms with Gasteiger partial charge in [-0.15, -0.1) is 0 Å². The summed E-state index contributed by atoms with van der Waals surface area (Å²) in [5, 5.41) is 46.5. The normalized spacial score (nSPS) is 41.4. The lowest BCUT2D eigenvalue weighted by molar-refractivity contribution is 0.0545. The first kappa shape index (κ1) is 44.2. The predicted octanol–water partition coefficient (Wildman–Crippen LogP) is 9.93. The van der Waals surface area contributed by atoms with Gasteiger partial charge in [0, 0.05) is 33.2 Å². The van der Waals surface area contributed by atoms with E-state index >= 15 is 0 Å². The van der Waals surface area contributed by atoms with Crippen LogP contribution in [0.2, 0.25) is 0 Å². The van der Waals surface area contributed by atoms with Crippen molar-refractivity contribution in [1.29, 1.82) is 0 Å². The summed E-state index contributed by atoms with van der Waals surface area (Å²) < 4.78 is 0. The maximum absolute atomic E-state index is 14.4. The van der Waals surface area contributed by atoms with Gasteiger partial charge in [0.1, 0.15) is 0 Å². The number of hydrogen-bond acceptors (Lipinski definition) is 6. The lowest BCUT2D eigenvalue weighted by Gasteiger charge is -2.57. The molecule has 0 aliphatic carbocycles. The third-order valence-corrected chi connectivity index (χ3v) is 16.5. The van der Waals surface area contributed by atoms with Crippen LogP contribution in [0.25, 0.3) is 0 Å². The Morgan fingerprint density at radius 1 is 0.463 bits per heavy atom. The Hall–Kier alpha value is -2.49. The molecule has 0 radical (unpaired) electrons. The van der Waals surface area contributed by atoms with Crippen LogP contribution >= 0.6 is 0 Å². The Kier molecular flexibility index (Phi) is 12.4. The molecule has 9 heteroatoms. The number of piperidine rings is 3. The first-order chi connectivity index (χ1) is 24.8. The van der Waals surface area contributed by atoms with Gasteiger partial charge in [-0.2, -0.15) is 0 Å². The molecule has 3 aliphatic rings. The van der Waals surface area contributed by atoms with E-state index in [2.05, 4.69) is 120 Å². The molecule has 4 rings (SSSR count). The van der Waals surface area contributed by atoms with Crippen LogP contribution in [-0.4, -0.2) is 66.5 Å². The molecular weight excluding hydrogens is 679 g/mol.